The Hall–Kier alpha value is -0.0151. The van der Waals surface area contributed by atoms with Crippen LogP contribution in [-0.4, -0.2) is 32.3 Å². The average molecular weight is 170 g/mol. The standard InChI is InChI=1S/C9H19BO2/c1-3-4-6-5-7(10)8(11)9(6)12-2/h6-9,11H,3-5,10H2,1-2H3. The van der Waals surface area contributed by atoms with Crippen molar-refractivity contribution in [2.75, 3.05) is 7.11 Å². The van der Waals surface area contributed by atoms with E-state index in [0.29, 0.717) is 11.7 Å². The summed E-state index contributed by atoms with van der Waals surface area (Å²) in [4.78, 5) is 0. The summed E-state index contributed by atoms with van der Waals surface area (Å²) >= 11 is 0. The third-order valence-electron chi connectivity index (χ3n) is 2.99. The summed E-state index contributed by atoms with van der Waals surface area (Å²) in [6.45, 7) is 2.18. The minimum atomic E-state index is -0.244. The molecule has 0 heterocycles. The molecule has 0 saturated heterocycles. The van der Waals surface area contributed by atoms with Gasteiger partial charge in [-0.25, -0.2) is 0 Å². The third kappa shape index (κ3) is 1.83. The van der Waals surface area contributed by atoms with Crippen LogP contribution in [0.4, 0.5) is 0 Å². The van der Waals surface area contributed by atoms with E-state index in [2.05, 4.69) is 14.8 Å². The van der Waals surface area contributed by atoms with Crippen LogP contribution in [0.15, 0.2) is 0 Å². The highest BCUT2D eigenvalue weighted by Crippen LogP contribution is 2.37. The molecule has 0 amide bonds. The normalized spacial score (nSPS) is 41.9. The number of aliphatic hydroxyl groups is 1. The van der Waals surface area contributed by atoms with Crippen LogP contribution in [0.3, 0.4) is 0 Å². The van der Waals surface area contributed by atoms with Gasteiger partial charge in [-0.2, -0.15) is 0 Å². The molecule has 0 aromatic carbocycles. The van der Waals surface area contributed by atoms with E-state index in [4.69, 9.17) is 4.74 Å². The number of hydrogen-bond acceptors (Lipinski definition) is 2. The molecule has 3 heteroatoms. The van der Waals surface area contributed by atoms with Crippen LogP contribution in [0, 0.1) is 5.92 Å². The van der Waals surface area contributed by atoms with Crippen molar-refractivity contribution in [1.82, 2.24) is 0 Å². The van der Waals surface area contributed by atoms with E-state index in [1.54, 1.807) is 7.11 Å². The first-order chi connectivity index (χ1) is 5.70. The molecule has 1 aliphatic rings. The molecule has 4 atom stereocenters. The Labute approximate surface area is 75.7 Å². The summed E-state index contributed by atoms with van der Waals surface area (Å²) in [5, 5.41) is 9.73. The Morgan fingerprint density at radius 2 is 2.25 bits per heavy atom. The Bertz CT molecular complexity index is 140. The van der Waals surface area contributed by atoms with E-state index in [-0.39, 0.29) is 12.2 Å². The maximum absolute atomic E-state index is 9.73. The lowest BCUT2D eigenvalue weighted by Gasteiger charge is -2.20. The molecule has 0 aliphatic heterocycles. The molecule has 1 aliphatic carbocycles. The van der Waals surface area contributed by atoms with Gasteiger partial charge in [0.05, 0.1) is 12.2 Å². The van der Waals surface area contributed by atoms with E-state index in [1.807, 2.05) is 0 Å². The van der Waals surface area contributed by atoms with Gasteiger partial charge in [-0.05, 0) is 24.6 Å². The smallest absolute Gasteiger partial charge is 0.108 e. The van der Waals surface area contributed by atoms with E-state index in [1.165, 1.54) is 12.8 Å². The van der Waals surface area contributed by atoms with Crippen molar-refractivity contribution in [2.45, 2.75) is 44.2 Å². The van der Waals surface area contributed by atoms with Gasteiger partial charge in [0.2, 0.25) is 0 Å². The molecular formula is C9H19BO2. The van der Waals surface area contributed by atoms with Gasteiger partial charge in [0.1, 0.15) is 7.85 Å². The van der Waals surface area contributed by atoms with Gasteiger partial charge in [0.25, 0.3) is 0 Å². The summed E-state index contributed by atoms with van der Waals surface area (Å²) in [5.74, 6) is 0.983. The molecule has 4 unspecified atom stereocenters. The monoisotopic (exact) mass is 170 g/mol. The van der Waals surface area contributed by atoms with Crippen LogP contribution in [0.2, 0.25) is 5.82 Å². The minimum absolute atomic E-state index is 0.0833. The molecule has 70 valence electrons. The zero-order chi connectivity index (χ0) is 9.14. The average Bonchev–Trinajstić information content (AvgIpc) is 2.29. The Balaban J connectivity index is 2.52. The van der Waals surface area contributed by atoms with Gasteiger partial charge in [-0.15, -0.1) is 0 Å². The SMILES string of the molecule is BC1CC(CCC)C(OC)C1O. The maximum atomic E-state index is 9.73. The van der Waals surface area contributed by atoms with E-state index >= 15 is 0 Å². The van der Waals surface area contributed by atoms with Crippen LogP contribution < -0.4 is 0 Å². The summed E-state index contributed by atoms with van der Waals surface area (Å²) < 4.78 is 5.31. The number of hydrogen-bond donors (Lipinski definition) is 1. The fourth-order valence-electron chi connectivity index (χ4n) is 2.34. The molecule has 1 saturated carbocycles. The molecule has 0 aromatic rings. The van der Waals surface area contributed by atoms with Crippen LogP contribution in [0.5, 0.6) is 0 Å². The predicted molar refractivity (Wildman–Crippen MR) is 52.1 cm³/mol. The van der Waals surface area contributed by atoms with Crippen molar-refractivity contribution in [3.05, 3.63) is 0 Å². The molecule has 1 fully saturated rings. The zero-order valence-electron chi connectivity index (χ0n) is 8.29. The lowest BCUT2D eigenvalue weighted by Crippen LogP contribution is -2.28. The second-order valence-electron chi connectivity index (χ2n) is 3.95. The fourth-order valence-corrected chi connectivity index (χ4v) is 2.34. The van der Waals surface area contributed by atoms with Crippen molar-refractivity contribution in [3.8, 4) is 0 Å². The van der Waals surface area contributed by atoms with Crippen LogP contribution in [0.1, 0.15) is 26.2 Å². The van der Waals surface area contributed by atoms with Crippen LogP contribution in [0.25, 0.3) is 0 Å². The molecule has 0 bridgehead atoms. The molecule has 1 rings (SSSR count). The number of rotatable bonds is 3. The Morgan fingerprint density at radius 1 is 1.58 bits per heavy atom. The topological polar surface area (TPSA) is 29.5 Å². The quantitative estimate of drug-likeness (QED) is 0.628. The van der Waals surface area contributed by atoms with Gasteiger partial charge < -0.3 is 9.84 Å². The summed E-state index contributed by atoms with van der Waals surface area (Å²) in [6.07, 6.45) is 3.32. The lowest BCUT2D eigenvalue weighted by atomic mass is 9.83. The summed E-state index contributed by atoms with van der Waals surface area (Å²) in [6, 6.07) is 0. The summed E-state index contributed by atoms with van der Waals surface area (Å²) in [5.41, 5.74) is 0. The highest BCUT2D eigenvalue weighted by molar-refractivity contribution is 6.12. The van der Waals surface area contributed by atoms with Crippen molar-refractivity contribution in [3.63, 3.8) is 0 Å². The molecule has 0 radical (unpaired) electrons. The van der Waals surface area contributed by atoms with Crippen LogP contribution >= 0.6 is 0 Å². The van der Waals surface area contributed by atoms with Crippen molar-refractivity contribution < 1.29 is 9.84 Å². The first-order valence-electron chi connectivity index (χ1n) is 4.91. The number of ether oxygens (including phenoxy) is 1. The molecule has 1 N–H and O–H groups in total. The van der Waals surface area contributed by atoms with Gasteiger partial charge in [0, 0.05) is 7.11 Å². The molecule has 0 aromatic heterocycles. The molecular weight excluding hydrogens is 151 g/mol. The summed E-state index contributed by atoms with van der Waals surface area (Å²) in [7, 11) is 3.81. The van der Waals surface area contributed by atoms with Gasteiger partial charge in [-0.3, -0.25) is 0 Å². The molecule has 2 nitrogen and oxygen atoms in total. The second-order valence-corrected chi connectivity index (χ2v) is 3.95. The maximum Gasteiger partial charge on any atom is 0.108 e. The van der Waals surface area contributed by atoms with Crippen LogP contribution in [-0.2, 0) is 4.74 Å². The predicted octanol–water partition coefficient (Wildman–Crippen LogP) is 0.604. The zero-order valence-corrected chi connectivity index (χ0v) is 8.29. The van der Waals surface area contributed by atoms with Crippen molar-refractivity contribution >= 4 is 7.85 Å². The van der Waals surface area contributed by atoms with Crippen molar-refractivity contribution in [2.24, 2.45) is 5.92 Å². The van der Waals surface area contributed by atoms with E-state index in [9.17, 15) is 5.11 Å². The third-order valence-corrected chi connectivity index (χ3v) is 2.99. The largest absolute Gasteiger partial charge is 0.391 e. The fraction of sp³-hybridized carbons (Fsp3) is 1.00. The molecule has 0 spiro atoms. The Morgan fingerprint density at radius 3 is 2.75 bits per heavy atom. The van der Waals surface area contributed by atoms with Crippen molar-refractivity contribution in [1.29, 1.82) is 0 Å². The lowest BCUT2D eigenvalue weighted by molar-refractivity contribution is -0.0142. The minimum Gasteiger partial charge on any atom is -0.391 e. The highest BCUT2D eigenvalue weighted by atomic mass is 16.5. The number of methoxy groups -OCH3 is 1. The molecule has 12 heavy (non-hydrogen) atoms. The first kappa shape index (κ1) is 10.1. The number of aliphatic hydroxyl groups excluding tert-OH is 1. The highest BCUT2D eigenvalue weighted by Gasteiger charge is 2.39. The van der Waals surface area contributed by atoms with E-state index in [0.717, 1.165) is 6.42 Å². The van der Waals surface area contributed by atoms with Gasteiger partial charge in [-0.1, -0.05) is 13.3 Å². The van der Waals surface area contributed by atoms with Gasteiger partial charge >= 0.3 is 0 Å². The second kappa shape index (κ2) is 4.29. The van der Waals surface area contributed by atoms with E-state index < -0.39 is 0 Å². The first-order valence-corrected chi connectivity index (χ1v) is 4.91. The Kier molecular flexibility index (Phi) is 3.60. The van der Waals surface area contributed by atoms with Gasteiger partial charge in [0.15, 0.2) is 0 Å².